The number of hydrogen-bond donors (Lipinski definition) is 3. The standard InChI is InChI=1S/C16H21N3O2.ClH/c1-10-13(7-4-8-17-10)19-16(21)12-9-15(20)18-14-6-3-2-5-11(12)14;/h2-3,5-6,10,12-13,17H,4,7-9H2,1H3,(H,18,20)(H,19,21);1H. The molecule has 0 saturated carbocycles. The minimum atomic E-state index is -0.385. The van der Waals surface area contributed by atoms with Gasteiger partial charge < -0.3 is 16.0 Å². The van der Waals surface area contributed by atoms with Gasteiger partial charge in [0, 0.05) is 24.2 Å². The first-order valence-electron chi connectivity index (χ1n) is 7.57. The van der Waals surface area contributed by atoms with Gasteiger partial charge in [0.1, 0.15) is 0 Å². The highest BCUT2D eigenvalue weighted by Gasteiger charge is 2.32. The van der Waals surface area contributed by atoms with Crippen LogP contribution in [0.1, 0.15) is 37.7 Å². The first-order valence-corrected chi connectivity index (χ1v) is 7.57. The Hall–Kier alpha value is -1.59. The maximum atomic E-state index is 12.6. The number of piperidine rings is 1. The van der Waals surface area contributed by atoms with E-state index in [1.54, 1.807) is 0 Å². The van der Waals surface area contributed by atoms with Gasteiger partial charge in [-0.25, -0.2) is 0 Å². The first kappa shape index (κ1) is 16.8. The molecule has 3 N–H and O–H groups in total. The highest BCUT2D eigenvalue weighted by molar-refractivity contribution is 6.01. The molecule has 22 heavy (non-hydrogen) atoms. The van der Waals surface area contributed by atoms with Crippen LogP contribution in [-0.4, -0.2) is 30.4 Å². The van der Waals surface area contributed by atoms with E-state index in [1.807, 2.05) is 24.3 Å². The number of halogens is 1. The zero-order valence-electron chi connectivity index (χ0n) is 12.6. The molecule has 5 nitrogen and oxygen atoms in total. The Bertz CT molecular complexity index is 564. The predicted octanol–water partition coefficient (Wildman–Crippen LogP) is 1.79. The third kappa shape index (κ3) is 3.42. The van der Waals surface area contributed by atoms with Gasteiger partial charge in [-0.15, -0.1) is 12.4 Å². The van der Waals surface area contributed by atoms with E-state index >= 15 is 0 Å². The lowest BCUT2D eigenvalue weighted by Gasteiger charge is -2.33. The summed E-state index contributed by atoms with van der Waals surface area (Å²) in [6, 6.07) is 7.95. The quantitative estimate of drug-likeness (QED) is 0.777. The molecule has 1 aromatic rings. The number of carbonyl (C=O) groups excluding carboxylic acids is 2. The molecule has 0 aromatic heterocycles. The molecule has 3 unspecified atom stereocenters. The van der Waals surface area contributed by atoms with Crippen molar-refractivity contribution in [3.63, 3.8) is 0 Å². The summed E-state index contributed by atoms with van der Waals surface area (Å²) >= 11 is 0. The molecule has 3 rings (SSSR count). The molecular weight excluding hydrogens is 302 g/mol. The molecule has 120 valence electrons. The number of fused-ring (bicyclic) bond motifs is 1. The van der Waals surface area contributed by atoms with Gasteiger partial charge in [-0.05, 0) is 37.9 Å². The van der Waals surface area contributed by atoms with E-state index in [1.165, 1.54) is 0 Å². The van der Waals surface area contributed by atoms with E-state index in [2.05, 4.69) is 22.9 Å². The summed E-state index contributed by atoms with van der Waals surface area (Å²) in [5.74, 6) is -0.523. The fourth-order valence-corrected chi connectivity index (χ4v) is 3.17. The number of hydrogen-bond acceptors (Lipinski definition) is 3. The van der Waals surface area contributed by atoms with Crippen molar-refractivity contribution >= 4 is 29.9 Å². The van der Waals surface area contributed by atoms with Crippen molar-refractivity contribution in [2.45, 2.75) is 44.2 Å². The molecule has 0 aliphatic carbocycles. The van der Waals surface area contributed by atoms with E-state index in [0.29, 0.717) is 0 Å². The zero-order valence-corrected chi connectivity index (χ0v) is 13.4. The SMILES string of the molecule is CC1NCCCC1NC(=O)C1CC(=O)Nc2ccccc21.Cl. The summed E-state index contributed by atoms with van der Waals surface area (Å²) in [6.45, 7) is 3.09. The Morgan fingerprint density at radius 3 is 2.86 bits per heavy atom. The largest absolute Gasteiger partial charge is 0.351 e. The van der Waals surface area contributed by atoms with Crippen LogP contribution in [0.2, 0.25) is 0 Å². The van der Waals surface area contributed by atoms with Crippen LogP contribution in [0.4, 0.5) is 5.69 Å². The van der Waals surface area contributed by atoms with Crippen LogP contribution in [0.3, 0.4) is 0 Å². The maximum Gasteiger partial charge on any atom is 0.228 e. The molecular formula is C16H22ClN3O2. The number of benzene rings is 1. The van der Waals surface area contributed by atoms with Gasteiger partial charge in [0.15, 0.2) is 0 Å². The molecule has 2 aliphatic rings. The molecule has 0 radical (unpaired) electrons. The number of nitrogens with one attached hydrogen (secondary N) is 3. The Kier molecular flexibility index (Phi) is 5.42. The second-order valence-corrected chi connectivity index (χ2v) is 5.89. The van der Waals surface area contributed by atoms with Crippen LogP contribution < -0.4 is 16.0 Å². The van der Waals surface area contributed by atoms with E-state index in [4.69, 9.17) is 0 Å². The van der Waals surface area contributed by atoms with E-state index in [-0.39, 0.29) is 48.6 Å². The van der Waals surface area contributed by atoms with Gasteiger partial charge in [-0.2, -0.15) is 0 Å². The Labute approximate surface area is 136 Å². The summed E-state index contributed by atoms with van der Waals surface area (Å²) in [7, 11) is 0. The van der Waals surface area contributed by atoms with E-state index in [0.717, 1.165) is 30.6 Å². The Morgan fingerprint density at radius 2 is 2.09 bits per heavy atom. The third-order valence-electron chi connectivity index (χ3n) is 4.41. The van der Waals surface area contributed by atoms with Gasteiger partial charge in [-0.1, -0.05) is 18.2 Å². The summed E-state index contributed by atoms with van der Waals surface area (Å²) in [4.78, 5) is 24.4. The normalized spacial score (nSPS) is 27.1. The molecule has 0 bridgehead atoms. The van der Waals surface area contributed by atoms with Crippen molar-refractivity contribution in [2.75, 3.05) is 11.9 Å². The van der Waals surface area contributed by atoms with Crippen LogP contribution >= 0.6 is 12.4 Å². The van der Waals surface area contributed by atoms with Crippen molar-refractivity contribution in [1.82, 2.24) is 10.6 Å². The number of amides is 2. The highest BCUT2D eigenvalue weighted by Crippen LogP contribution is 2.32. The highest BCUT2D eigenvalue weighted by atomic mass is 35.5. The Morgan fingerprint density at radius 1 is 1.32 bits per heavy atom. The van der Waals surface area contributed by atoms with Gasteiger partial charge in [0.05, 0.1) is 5.92 Å². The van der Waals surface area contributed by atoms with Crippen molar-refractivity contribution in [3.8, 4) is 0 Å². The van der Waals surface area contributed by atoms with Crippen molar-refractivity contribution in [3.05, 3.63) is 29.8 Å². The van der Waals surface area contributed by atoms with Gasteiger partial charge in [0.2, 0.25) is 11.8 Å². The molecule has 2 amide bonds. The lowest BCUT2D eigenvalue weighted by atomic mass is 9.89. The fraction of sp³-hybridized carbons (Fsp3) is 0.500. The number of carbonyl (C=O) groups is 2. The fourth-order valence-electron chi connectivity index (χ4n) is 3.17. The third-order valence-corrected chi connectivity index (χ3v) is 4.41. The van der Waals surface area contributed by atoms with Crippen LogP contribution in [-0.2, 0) is 9.59 Å². The predicted molar refractivity (Wildman–Crippen MR) is 88.3 cm³/mol. The van der Waals surface area contributed by atoms with E-state index in [9.17, 15) is 9.59 Å². The van der Waals surface area contributed by atoms with Gasteiger partial charge >= 0.3 is 0 Å². The second kappa shape index (κ2) is 7.11. The average Bonchev–Trinajstić information content (AvgIpc) is 2.48. The average molecular weight is 324 g/mol. The molecule has 1 fully saturated rings. The molecule has 6 heteroatoms. The van der Waals surface area contributed by atoms with Crippen LogP contribution in [0.5, 0.6) is 0 Å². The minimum absolute atomic E-state index is 0. The first-order chi connectivity index (χ1) is 10.1. The topological polar surface area (TPSA) is 70.2 Å². The molecule has 0 spiro atoms. The van der Waals surface area contributed by atoms with E-state index < -0.39 is 0 Å². The molecule has 2 heterocycles. The second-order valence-electron chi connectivity index (χ2n) is 5.89. The van der Waals surface area contributed by atoms with Gasteiger partial charge in [-0.3, -0.25) is 9.59 Å². The van der Waals surface area contributed by atoms with Crippen molar-refractivity contribution < 1.29 is 9.59 Å². The molecule has 3 atom stereocenters. The van der Waals surface area contributed by atoms with Crippen molar-refractivity contribution in [2.24, 2.45) is 0 Å². The lowest BCUT2D eigenvalue weighted by Crippen LogP contribution is -2.53. The number of para-hydroxylation sites is 1. The van der Waals surface area contributed by atoms with Crippen LogP contribution in [0.25, 0.3) is 0 Å². The molecule has 2 aliphatic heterocycles. The van der Waals surface area contributed by atoms with Crippen molar-refractivity contribution in [1.29, 1.82) is 0 Å². The van der Waals surface area contributed by atoms with Crippen LogP contribution in [0.15, 0.2) is 24.3 Å². The van der Waals surface area contributed by atoms with Gasteiger partial charge in [0.25, 0.3) is 0 Å². The van der Waals surface area contributed by atoms with Crippen LogP contribution in [0, 0.1) is 0 Å². The smallest absolute Gasteiger partial charge is 0.228 e. The monoisotopic (exact) mass is 323 g/mol. The molecule has 1 saturated heterocycles. The number of rotatable bonds is 2. The summed E-state index contributed by atoms with van der Waals surface area (Å²) in [6.07, 6.45) is 2.27. The summed E-state index contributed by atoms with van der Waals surface area (Å²) < 4.78 is 0. The Balaban J connectivity index is 0.00000176. The maximum absolute atomic E-state index is 12.6. The lowest BCUT2D eigenvalue weighted by molar-refractivity contribution is -0.127. The summed E-state index contributed by atoms with van der Waals surface area (Å²) in [5.41, 5.74) is 1.66. The zero-order chi connectivity index (χ0) is 14.8. The number of anilines is 1. The minimum Gasteiger partial charge on any atom is -0.351 e. The molecule has 1 aromatic carbocycles. The summed E-state index contributed by atoms with van der Waals surface area (Å²) in [5, 5.41) is 9.32.